The second-order valence-electron chi connectivity index (χ2n) is 9.03. The van der Waals surface area contributed by atoms with Gasteiger partial charge in [-0.25, -0.2) is 0 Å². The van der Waals surface area contributed by atoms with Crippen LogP contribution in [0.25, 0.3) is 6.08 Å². The third kappa shape index (κ3) is 3.36. The normalized spacial score (nSPS) is 21.2. The Balaban J connectivity index is 1.39. The zero-order valence-corrected chi connectivity index (χ0v) is 18.5. The summed E-state index contributed by atoms with van der Waals surface area (Å²) in [6.07, 6.45) is 4.77. The predicted octanol–water partition coefficient (Wildman–Crippen LogP) is 5.29. The zero-order chi connectivity index (χ0) is 22.2. The minimum Gasteiger partial charge on any atom is -0.489 e. The highest BCUT2D eigenvalue weighted by Crippen LogP contribution is 2.52. The number of para-hydroxylation sites is 1. The fraction of sp³-hybridized carbons (Fsp3) is 0.250. The van der Waals surface area contributed by atoms with Crippen molar-refractivity contribution in [3.05, 3.63) is 102 Å². The van der Waals surface area contributed by atoms with Crippen molar-refractivity contribution in [1.29, 1.82) is 0 Å². The predicted molar refractivity (Wildman–Crippen MR) is 129 cm³/mol. The van der Waals surface area contributed by atoms with Gasteiger partial charge in [0.2, 0.25) is 5.91 Å². The van der Waals surface area contributed by atoms with Gasteiger partial charge in [0.05, 0.1) is 0 Å². The van der Waals surface area contributed by atoms with E-state index >= 15 is 0 Å². The Morgan fingerprint density at radius 2 is 1.69 bits per heavy atom. The Bertz CT molecular complexity index is 1150. The Labute approximate surface area is 189 Å². The van der Waals surface area contributed by atoms with E-state index in [1.54, 1.807) is 0 Å². The highest BCUT2D eigenvalue weighted by atomic mass is 16.5. The van der Waals surface area contributed by atoms with Gasteiger partial charge >= 0.3 is 0 Å². The molecule has 2 heterocycles. The van der Waals surface area contributed by atoms with E-state index in [0.717, 1.165) is 16.9 Å². The van der Waals surface area contributed by atoms with Gasteiger partial charge in [0, 0.05) is 24.1 Å². The van der Waals surface area contributed by atoms with E-state index in [4.69, 9.17) is 4.74 Å². The molecule has 0 spiro atoms. The smallest absolute Gasteiger partial charge is 0.223 e. The molecular weight excluding hydrogens is 396 g/mol. The van der Waals surface area contributed by atoms with Crippen molar-refractivity contribution in [2.75, 3.05) is 11.4 Å². The summed E-state index contributed by atoms with van der Waals surface area (Å²) in [5.74, 6) is 0.932. The Morgan fingerprint density at radius 1 is 0.969 bits per heavy atom. The summed E-state index contributed by atoms with van der Waals surface area (Å²) in [7, 11) is 0. The number of carbonyl (C=O) groups excluding carboxylic acids is 1. The van der Waals surface area contributed by atoms with Crippen LogP contribution in [0.2, 0.25) is 0 Å². The fourth-order valence-corrected chi connectivity index (χ4v) is 4.95. The number of nitrogens with one attached hydrogen (secondary N) is 1. The van der Waals surface area contributed by atoms with Crippen LogP contribution < -0.4 is 15.0 Å². The van der Waals surface area contributed by atoms with Crippen LogP contribution in [0, 0.1) is 0 Å². The SMILES string of the molecule is CC1(C)c2ccccc2N2CCC(=O)NC21/C=C/c1ccc(OCc2ccccc2)cc1. The molecule has 32 heavy (non-hydrogen) atoms. The Kier molecular flexibility index (Phi) is 5.01. The van der Waals surface area contributed by atoms with Crippen molar-refractivity contribution in [3.63, 3.8) is 0 Å². The van der Waals surface area contributed by atoms with Gasteiger partial charge in [0.25, 0.3) is 0 Å². The molecule has 3 aromatic carbocycles. The zero-order valence-electron chi connectivity index (χ0n) is 18.5. The molecule has 0 radical (unpaired) electrons. The summed E-state index contributed by atoms with van der Waals surface area (Å²) in [6, 6.07) is 26.7. The fourth-order valence-electron chi connectivity index (χ4n) is 4.95. The largest absolute Gasteiger partial charge is 0.489 e. The molecule has 1 N–H and O–H groups in total. The lowest BCUT2D eigenvalue weighted by Crippen LogP contribution is -2.68. The number of carbonyl (C=O) groups is 1. The number of ether oxygens (including phenoxy) is 1. The van der Waals surface area contributed by atoms with Gasteiger partial charge in [0.15, 0.2) is 0 Å². The van der Waals surface area contributed by atoms with Crippen LogP contribution in [-0.2, 0) is 16.8 Å². The van der Waals surface area contributed by atoms with Gasteiger partial charge < -0.3 is 15.0 Å². The molecule has 1 saturated heterocycles. The maximum absolute atomic E-state index is 12.5. The van der Waals surface area contributed by atoms with Crippen LogP contribution >= 0.6 is 0 Å². The van der Waals surface area contributed by atoms with Gasteiger partial charge in [-0.15, -0.1) is 0 Å². The topological polar surface area (TPSA) is 41.6 Å². The minimum absolute atomic E-state index is 0.0939. The third-order valence-corrected chi connectivity index (χ3v) is 6.78. The molecule has 4 heteroatoms. The van der Waals surface area contributed by atoms with Gasteiger partial charge in [0.1, 0.15) is 18.0 Å². The van der Waals surface area contributed by atoms with Crippen LogP contribution in [0.5, 0.6) is 5.75 Å². The van der Waals surface area contributed by atoms with Gasteiger partial charge in [-0.3, -0.25) is 4.79 Å². The molecule has 0 bridgehead atoms. The van der Waals surface area contributed by atoms with Crippen molar-refractivity contribution in [3.8, 4) is 5.75 Å². The lowest BCUT2D eigenvalue weighted by molar-refractivity contribution is -0.124. The summed E-state index contributed by atoms with van der Waals surface area (Å²) in [6.45, 7) is 5.68. The number of amides is 1. The number of anilines is 1. The molecule has 1 amide bonds. The highest BCUT2D eigenvalue weighted by Gasteiger charge is 2.57. The second-order valence-corrected chi connectivity index (χ2v) is 9.03. The monoisotopic (exact) mass is 424 g/mol. The Morgan fingerprint density at radius 3 is 2.47 bits per heavy atom. The second kappa shape index (κ2) is 7.86. The van der Waals surface area contributed by atoms with Crippen molar-refractivity contribution in [2.45, 2.75) is 38.0 Å². The number of nitrogens with zero attached hydrogens (tertiary/aromatic N) is 1. The molecule has 4 nitrogen and oxygen atoms in total. The van der Waals surface area contributed by atoms with Crippen LogP contribution in [0.15, 0.2) is 84.9 Å². The molecule has 1 fully saturated rings. The minimum atomic E-state index is -0.589. The molecule has 1 atom stereocenters. The van der Waals surface area contributed by atoms with E-state index in [-0.39, 0.29) is 11.3 Å². The number of fused-ring (bicyclic) bond motifs is 3. The standard InChI is InChI=1S/C28H28N2O2/c1-27(2)24-10-6-7-11-25(24)30-19-17-26(31)29-28(27,30)18-16-21-12-14-23(15-13-21)32-20-22-8-4-3-5-9-22/h3-16,18H,17,19-20H2,1-2H3,(H,29,31)/b18-16+. The molecule has 162 valence electrons. The quantitative estimate of drug-likeness (QED) is 0.605. The van der Waals surface area contributed by atoms with Crippen molar-refractivity contribution in [1.82, 2.24) is 5.32 Å². The molecule has 1 unspecified atom stereocenters. The van der Waals surface area contributed by atoms with Crippen LogP contribution in [-0.4, -0.2) is 18.1 Å². The molecule has 2 aliphatic rings. The maximum atomic E-state index is 12.5. The molecule has 0 saturated carbocycles. The van der Waals surface area contributed by atoms with E-state index < -0.39 is 5.66 Å². The molecule has 0 aliphatic carbocycles. The molecule has 0 aromatic heterocycles. The average molecular weight is 425 g/mol. The first-order valence-electron chi connectivity index (χ1n) is 11.1. The number of hydrogen-bond donors (Lipinski definition) is 1. The third-order valence-electron chi connectivity index (χ3n) is 6.78. The lowest BCUT2D eigenvalue weighted by atomic mass is 9.74. The Hall–Kier alpha value is -3.53. The van der Waals surface area contributed by atoms with Crippen molar-refractivity contribution in [2.24, 2.45) is 0 Å². The van der Waals surface area contributed by atoms with Crippen LogP contribution in [0.1, 0.15) is 37.0 Å². The van der Waals surface area contributed by atoms with E-state index in [9.17, 15) is 4.79 Å². The molecule has 5 rings (SSSR count). The van der Waals surface area contributed by atoms with Crippen molar-refractivity contribution >= 4 is 17.7 Å². The number of benzene rings is 3. The van der Waals surface area contributed by atoms with E-state index in [1.807, 2.05) is 30.3 Å². The van der Waals surface area contributed by atoms with E-state index in [0.29, 0.717) is 19.6 Å². The highest BCUT2D eigenvalue weighted by molar-refractivity contribution is 5.84. The summed E-state index contributed by atoms with van der Waals surface area (Å²) in [5, 5.41) is 3.32. The van der Waals surface area contributed by atoms with Gasteiger partial charge in [-0.05, 0) is 41.0 Å². The summed E-state index contributed by atoms with van der Waals surface area (Å²) >= 11 is 0. The summed E-state index contributed by atoms with van der Waals surface area (Å²) in [4.78, 5) is 14.9. The molecular formula is C28H28N2O2. The van der Waals surface area contributed by atoms with Gasteiger partial charge in [-0.1, -0.05) is 80.6 Å². The van der Waals surface area contributed by atoms with E-state index in [1.165, 1.54) is 11.3 Å². The van der Waals surface area contributed by atoms with Crippen molar-refractivity contribution < 1.29 is 9.53 Å². The number of hydrogen-bond acceptors (Lipinski definition) is 3. The first-order chi connectivity index (χ1) is 15.5. The summed E-state index contributed by atoms with van der Waals surface area (Å²) in [5.41, 5.74) is 3.82. The lowest BCUT2D eigenvalue weighted by Gasteiger charge is -2.49. The summed E-state index contributed by atoms with van der Waals surface area (Å²) < 4.78 is 5.91. The molecule has 3 aromatic rings. The van der Waals surface area contributed by atoms with Crippen LogP contribution in [0.4, 0.5) is 5.69 Å². The average Bonchev–Trinajstić information content (AvgIpc) is 3.01. The first-order valence-corrected chi connectivity index (χ1v) is 11.1. The number of rotatable bonds is 5. The maximum Gasteiger partial charge on any atom is 0.223 e. The first kappa shape index (κ1) is 20.4. The van der Waals surface area contributed by atoms with Crippen LogP contribution in [0.3, 0.4) is 0 Å². The van der Waals surface area contributed by atoms with Gasteiger partial charge in [-0.2, -0.15) is 0 Å². The van der Waals surface area contributed by atoms with E-state index in [2.05, 4.69) is 84.7 Å². The molecule has 2 aliphatic heterocycles.